The fourth-order valence-corrected chi connectivity index (χ4v) is 5.81. The van der Waals surface area contributed by atoms with E-state index in [1.54, 1.807) is 0 Å². The fourth-order valence-electron chi connectivity index (χ4n) is 5.81. The van der Waals surface area contributed by atoms with Crippen molar-refractivity contribution in [1.82, 2.24) is 5.32 Å². The van der Waals surface area contributed by atoms with Gasteiger partial charge in [0.05, 0.1) is 12.0 Å². The van der Waals surface area contributed by atoms with E-state index in [-0.39, 0.29) is 18.0 Å². The second-order valence-electron chi connectivity index (χ2n) is 7.38. The summed E-state index contributed by atoms with van der Waals surface area (Å²) in [4.78, 5) is 12.3. The Morgan fingerprint density at radius 3 is 2.89 bits per heavy atom. The van der Waals surface area contributed by atoms with Gasteiger partial charge in [0.15, 0.2) is 0 Å². The zero-order valence-electron chi connectivity index (χ0n) is 11.5. The molecule has 2 aliphatic heterocycles. The first-order valence-electron chi connectivity index (χ1n) is 7.49. The van der Waals surface area contributed by atoms with Crippen LogP contribution in [0.3, 0.4) is 0 Å². The number of hydrogen-bond acceptors (Lipinski definition) is 3. The zero-order chi connectivity index (χ0) is 12.7. The molecule has 3 heteroatoms. The molecule has 4 fully saturated rings. The van der Waals surface area contributed by atoms with E-state index in [0.29, 0.717) is 29.2 Å². The Morgan fingerprint density at radius 1 is 1.39 bits per heavy atom. The number of esters is 1. The molecule has 1 N–H and O–H groups in total. The van der Waals surface area contributed by atoms with Crippen LogP contribution < -0.4 is 5.32 Å². The van der Waals surface area contributed by atoms with Crippen molar-refractivity contribution in [2.45, 2.75) is 45.8 Å². The maximum absolute atomic E-state index is 12.3. The second kappa shape index (κ2) is 3.30. The van der Waals surface area contributed by atoms with E-state index in [1.165, 1.54) is 12.8 Å². The molecule has 2 bridgehead atoms. The van der Waals surface area contributed by atoms with Crippen LogP contribution in [0.15, 0.2) is 0 Å². The number of fused-ring (bicyclic) bond motifs is 4. The average Bonchev–Trinajstić information content (AvgIpc) is 2.88. The highest BCUT2D eigenvalue weighted by atomic mass is 16.6. The van der Waals surface area contributed by atoms with Gasteiger partial charge in [-0.25, -0.2) is 0 Å². The van der Waals surface area contributed by atoms with Crippen LogP contribution in [0.1, 0.15) is 33.6 Å². The summed E-state index contributed by atoms with van der Waals surface area (Å²) in [7, 11) is 0. The minimum atomic E-state index is 0.0989. The second-order valence-corrected chi connectivity index (χ2v) is 7.38. The molecule has 18 heavy (non-hydrogen) atoms. The number of rotatable bonds is 1. The van der Waals surface area contributed by atoms with Gasteiger partial charge in [-0.3, -0.25) is 4.79 Å². The van der Waals surface area contributed by atoms with Crippen molar-refractivity contribution in [3.8, 4) is 0 Å². The van der Waals surface area contributed by atoms with Crippen molar-refractivity contribution in [2.24, 2.45) is 35.0 Å². The lowest BCUT2D eigenvalue weighted by molar-refractivity contribution is -0.144. The zero-order valence-corrected chi connectivity index (χ0v) is 11.5. The molecule has 0 amide bonds. The highest BCUT2D eigenvalue weighted by molar-refractivity contribution is 5.77. The highest BCUT2D eigenvalue weighted by Crippen LogP contribution is 2.64. The van der Waals surface area contributed by atoms with Crippen molar-refractivity contribution in [2.75, 3.05) is 6.54 Å². The lowest BCUT2D eigenvalue weighted by atomic mass is 9.55. The third kappa shape index (κ3) is 1.05. The van der Waals surface area contributed by atoms with Crippen LogP contribution in [0, 0.1) is 35.0 Å². The minimum Gasteiger partial charge on any atom is -0.460 e. The van der Waals surface area contributed by atoms with Crippen molar-refractivity contribution in [3.63, 3.8) is 0 Å². The Morgan fingerprint density at radius 2 is 2.17 bits per heavy atom. The largest absolute Gasteiger partial charge is 0.460 e. The number of hydrogen-bond donors (Lipinski definition) is 1. The smallest absolute Gasteiger partial charge is 0.310 e. The first-order chi connectivity index (χ1) is 8.55. The maximum Gasteiger partial charge on any atom is 0.310 e. The molecule has 0 aromatic heterocycles. The summed E-state index contributed by atoms with van der Waals surface area (Å²) in [6.07, 6.45) is 2.66. The van der Waals surface area contributed by atoms with Crippen molar-refractivity contribution in [1.29, 1.82) is 0 Å². The molecule has 2 saturated carbocycles. The van der Waals surface area contributed by atoms with Crippen LogP contribution >= 0.6 is 0 Å². The SMILES string of the molecule is CC(C)[C@H]1C2C(=O)O[C@@H]1[C@@H]1NC[C@H]3CCC2[C@]31C. The third-order valence-corrected chi connectivity index (χ3v) is 6.61. The summed E-state index contributed by atoms with van der Waals surface area (Å²) < 4.78 is 5.79. The molecule has 0 aromatic carbocycles. The van der Waals surface area contributed by atoms with E-state index < -0.39 is 0 Å². The van der Waals surface area contributed by atoms with E-state index in [9.17, 15) is 4.79 Å². The molecule has 2 aliphatic carbocycles. The molecular weight excluding hydrogens is 226 g/mol. The Labute approximate surface area is 109 Å². The Bertz CT molecular complexity index is 407. The quantitative estimate of drug-likeness (QED) is 0.720. The van der Waals surface area contributed by atoms with E-state index in [4.69, 9.17) is 4.74 Å². The summed E-state index contributed by atoms with van der Waals surface area (Å²) in [5.74, 6) is 2.58. The first kappa shape index (κ1) is 11.3. The van der Waals surface area contributed by atoms with Crippen LogP contribution in [0.5, 0.6) is 0 Å². The van der Waals surface area contributed by atoms with Crippen LogP contribution in [-0.4, -0.2) is 24.7 Å². The molecule has 0 aromatic rings. The van der Waals surface area contributed by atoms with Crippen molar-refractivity contribution >= 4 is 5.97 Å². The summed E-state index contributed by atoms with van der Waals surface area (Å²) in [6, 6.07) is 0.407. The van der Waals surface area contributed by atoms with Crippen molar-refractivity contribution < 1.29 is 9.53 Å². The van der Waals surface area contributed by atoms with Gasteiger partial charge >= 0.3 is 5.97 Å². The number of ether oxygens (including phenoxy) is 1. The highest BCUT2D eigenvalue weighted by Gasteiger charge is 2.70. The lowest BCUT2D eigenvalue weighted by Crippen LogP contribution is -2.57. The molecule has 2 unspecified atom stereocenters. The Kier molecular flexibility index (Phi) is 2.07. The number of nitrogens with one attached hydrogen (secondary N) is 1. The van der Waals surface area contributed by atoms with Crippen LogP contribution in [0.25, 0.3) is 0 Å². The van der Waals surface area contributed by atoms with Crippen LogP contribution in [0.4, 0.5) is 0 Å². The Balaban J connectivity index is 1.83. The van der Waals surface area contributed by atoms with Gasteiger partial charge in [-0.05, 0) is 42.6 Å². The van der Waals surface area contributed by atoms with Gasteiger partial charge < -0.3 is 10.1 Å². The van der Waals surface area contributed by atoms with E-state index >= 15 is 0 Å². The molecule has 0 spiro atoms. The topological polar surface area (TPSA) is 38.3 Å². The van der Waals surface area contributed by atoms with E-state index in [0.717, 1.165) is 12.5 Å². The molecule has 3 nitrogen and oxygen atoms in total. The summed E-state index contributed by atoms with van der Waals surface area (Å²) >= 11 is 0. The maximum atomic E-state index is 12.3. The molecule has 7 atom stereocenters. The summed E-state index contributed by atoms with van der Waals surface area (Å²) in [5.41, 5.74) is 0.312. The van der Waals surface area contributed by atoms with Crippen LogP contribution in [-0.2, 0) is 9.53 Å². The standard InChI is InChI=1S/C15H23NO2/c1-7(2)10-11-9-5-4-8-6-16-13(15(8,9)3)12(10)18-14(11)17/h7-13,16H,4-6H2,1-3H3/t8-,9?,10+,11?,12+,13+,15+/m1/s1. The minimum absolute atomic E-state index is 0.0989. The van der Waals surface area contributed by atoms with E-state index in [2.05, 4.69) is 26.1 Å². The molecule has 0 radical (unpaired) electrons. The van der Waals surface area contributed by atoms with E-state index in [1.807, 2.05) is 0 Å². The molecule has 4 aliphatic rings. The number of carbonyl (C=O) groups excluding carboxylic acids is 1. The molecule has 2 heterocycles. The summed E-state index contributed by atoms with van der Waals surface area (Å²) in [5, 5.41) is 3.69. The van der Waals surface area contributed by atoms with Crippen LogP contribution in [0.2, 0.25) is 0 Å². The average molecular weight is 249 g/mol. The van der Waals surface area contributed by atoms with Gasteiger partial charge in [0.1, 0.15) is 6.10 Å². The molecule has 4 rings (SSSR count). The predicted molar refractivity (Wildman–Crippen MR) is 67.8 cm³/mol. The third-order valence-electron chi connectivity index (χ3n) is 6.61. The lowest BCUT2D eigenvalue weighted by Gasteiger charge is -2.48. The Hall–Kier alpha value is -0.570. The summed E-state index contributed by atoms with van der Waals surface area (Å²) in [6.45, 7) is 8.04. The normalized spacial score (nSPS) is 57.0. The van der Waals surface area contributed by atoms with Crippen molar-refractivity contribution in [3.05, 3.63) is 0 Å². The fraction of sp³-hybridized carbons (Fsp3) is 0.933. The molecule has 100 valence electrons. The van der Waals surface area contributed by atoms with Gasteiger partial charge in [0, 0.05) is 5.92 Å². The molecule has 2 saturated heterocycles. The number of carbonyl (C=O) groups is 1. The molecular formula is C15H23NO2. The van der Waals surface area contributed by atoms with Gasteiger partial charge in [0.2, 0.25) is 0 Å². The van der Waals surface area contributed by atoms with Gasteiger partial charge in [-0.1, -0.05) is 20.8 Å². The van der Waals surface area contributed by atoms with Gasteiger partial charge in [0.25, 0.3) is 0 Å². The monoisotopic (exact) mass is 249 g/mol. The van der Waals surface area contributed by atoms with Gasteiger partial charge in [-0.2, -0.15) is 0 Å². The van der Waals surface area contributed by atoms with Gasteiger partial charge in [-0.15, -0.1) is 0 Å². The predicted octanol–water partition coefficient (Wildman–Crippen LogP) is 1.82. The first-order valence-corrected chi connectivity index (χ1v) is 7.49.